The summed E-state index contributed by atoms with van der Waals surface area (Å²) in [7, 11) is -4.09. The summed E-state index contributed by atoms with van der Waals surface area (Å²) >= 11 is 0. The highest BCUT2D eigenvalue weighted by Gasteiger charge is 2.56. The summed E-state index contributed by atoms with van der Waals surface area (Å²) in [6.07, 6.45) is 5.17. The van der Waals surface area contributed by atoms with Crippen LogP contribution in [0.25, 0.3) is 11.3 Å². The van der Waals surface area contributed by atoms with Gasteiger partial charge in [-0.1, -0.05) is 38.1 Å². The standard InChI is InChI=1S/C32H38N4O4S/c1-19(2)14-24-18-40-29-22(5)28(27-20(3)8-6-9-21(27)4)33-31(34-29)35-41(38,39)26-11-7-10-23(15-26)30(37)36(24)25-16-32(17-25)12-13-32/h6-11,15,19,24-25H,12-14,16-18H2,1-5H3,(H,33,34,35)/t24-/m1/s1. The zero-order valence-electron chi connectivity index (χ0n) is 24.4. The summed E-state index contributed by atoms with van der Waals surface area (Å²) in [5.41, 5.74) is 5.05. The van der Waals surface area contributed by atoms with Crippen molar-refractivity contribution in [2.45, 2.75) is 83.7 Å². The van der Waals surface area contributed by atoms with E-state index < -0.39 is 10.0 Å². The molecule has 8 nitrogen and oxygen atoms in total. The first-order chi connectivity index (χ1) is 19.5. The second-order valence-electron chi connectivity index (χ2n) is 12.6. The second-order valence-corrected chi connectivity index (χ2v) is 14.3. The fraction of sp³-hybridized carbons (Fsp3) is 0.469. The van der Waals surface area contributed by atoms with Gasteiger partial charge in [0.25, 0.3) is 15.9 Å². The molecule has 2 heterocycles. The third-order valence-electron chi connectivity index (χ3n) is 8.91. The Bertz CT molecular complexity index is 1600. The van der Waals surface area contributed by atoms with E-state index in [9.17, 15) is 13.2 Å². The highest BCUT2D eigenvalue weighted by molar-refractivity contribution is 7.92. The predicted octanol–water partition coefficient (Wildman–Crippen LogP) is 6.06. The Labute approximate surface area is 242 Å². The van der Waals surface area contributed by atoms with Crippen LogP contribution in [-0.2, 0) is 10.0 Å². The van der Waals surface area contributed by atoms with Crippen molar-refractivity contribution < 1.29 is 17.9 Å². The van der Waals surface area contributed by atoms with Crippen LogP contribution in [0, 0.1) is 32.1 Å². The van der Waals surface area contributed by atoms with Crippen molar-refractivity contribution in [2.75, 3.05) is 11.3 Å². The number of carbonyl (C=O) groups excluding carboxylic acids is 1. The molecular weight excluding hydrogens is 536 g/mol. The molecule has 1 aromatic heterocycles. The summed E-state index contributed by atoms with van der Waals surface area (Å²) in [5.74, 6) is 0.424. The predicted molar refractivity (Wildman–Crippen MR) is 159 cm³/mol. The van der Waals surface area contributed by atoms with Gasteiger partial charge in [0, 0.05) is 22.7 Å². The van der Waals surface area contributed by atoms with Crippen LogP contribution in [0.5, 0.6) is 5.88 Å². The lowest BCUT2D eigenvalue weighted by Crippen LogP contribution is -2.55. The lowest BCUT2D eigenvalue weighted by atomic mass is 9.75. The number of ether oxygens (including phenoxy) is 1. The average molecular weight is 575 g/mol. The zero-order valence-corrected chi connectivity index (χ0v) is 25.2. The van der Waals surface area contributed by atoms with Crippen molar-refractivity contribution in [1.29, 1.82) is 0 Å². The molecular formula is C32H38N4O4S. The van der Waals surface area contributed by atoms with Gasteiger partial charge in [0.2, 0.25) is 11.8 Å². The fourth-order valence-corrected chi connectivity index (χ4v) is 7.56. The molecule has 0 saturated heterocycles. The summed E-state index contributed by atoms with van der Waals surface area (Å²) < 4.78 is 36.2. The molecule has 1 spiro atoms. The summed E-state index contributed by atoms with van der Waals surface area (Å²) in [4.78, 5) is 25.4. The summed E-state index contributed by atoms with van der Waals surface area (Å²) in [5, 5.41) is 0. The van der Waals surface area contributed by atoms with Gasteiger partial charge < -0.3 is 9.64 Å². The van der Waals surface area contributed by atoms with E-state index in [0.29, 0.717) is 28.5 Å². The minimum atomic E-state index is -4.09. The minimum absolute atomic E-state index is 0.00417. The average Bonchev–Trinajstić information content (AvgIpc) is 3.69. The number of benzene rings is 2. The van der Waals surface area contributed by atoms with E-state index in [0.717, 1.165) is 41.5 Å². The zero-order chi connectivity index (χ0) is 29.1. The third-order valence-corrected chi connectivity index (χ3v) is 10.2. The van der Waals surface area contributed by atoms with Gasteiger partial charge in [-0.15, -0.1) is 0 Å². The van der Waals surface area contributed by atoms with Crippen LogP contribution in [-0.4, -0.2) is 47.9 Å². The van der Waals surface area contributed by atoms with Crippen molar-refractivity contribution >= 4 is 21.9 Å². The van der Waals surface area contributed by atoms with E-state index in [2.05, 4.69) is 23.6 Å². The Hall–Kier alpha value is -3.46. The fourth-order valence-electron chi connectivity index (χ4n) is 6.57. The normalized spacial score (nSPS) is 21.3. The van der Waals surface area contributed by atoms with E-state index >= 15 is 0 Å². The smallest absolute Gasteiger partial charge is 0.264 e. The number of nitrogens with one attached hydrogen (secondary N) is 1. The van der Waals surface area contributed by atoms with Gasteiger partial charge in [0.15, 0.2) is 0 Å². The van der Waals surface area contributed by atoms with Crippen molar-refractivity contribution in [3.05, 3.63) is 64.7 Å². The van der Waals surface area contributed by atoms with Crippen molar-refractivity contribution in [2.24, 2.45) is 11.3 Å². The molecule has 2 aromatic carbocycles. The summed E-state index contributed by atoms with van der Waals surface area (Å²) in [6, 6.07) is 12.2. The van der Waals surface area contributed by atoms with Gasteiger partial charge in [-0.05, 0) is 93.5 Å². The number of anilines is 1. The first-order valence-corrected chi connectivity index (χ1v) is 16.0. The number of hydrogen-bond acceptors (Lipinski definition) is 6. The monoisotopic (exact) mass is 574 g/mol. The van der Waals surface area contributed by atoms with Gasteiger partial charge in [0.05, 0.1) is 16.6 Å². The number of aromatic nitrogens is 2. The first-order valence-electron chi connectivity index (χ1n) is 14.5. The quantitative estimate of drug-likeness (QED) is 0.406. The van der Waals surface area contributed by atoms with Crippen LogP contribution in [0.4, 0.5) is 5.95 Å². The molecule has 1 amide bonds. The molecule has 1 atom stereocenters. The molecule has 216 valence electrons. The second kappa shape index (κ2) is 10.1. The third kappa shape index (κ3) is 5.20. The topological polar surface area (TPSA) is 101 Å². The SMILES string of the molecule is Cc1cccc(C)c1-c1nc2nc(c1C)OC[C@@H](CC(C)C)N(C1CC3(CC3)C1)C(=O)c1cccc(c1)S(=O)(=O)N2. The number of sulfonamides is 1. The molecule has 2 aliphatic carbocycles. The van der Waals surface area contributed by atoms with Gasteiger partial charge in [-0.2, -0.15) is 4.98 Å². The van der Waals surface area contributed by atoms with Crippen LogP contribution < -0.4 is 9.46 Å². The number of fused-ring (bicyclic) bond motifs is 4. The minimum Gasteiger partial charge on any atom is -0.475 e. The molecule has 6 rings (SSSR count). The largest absolute Gasteiger partial charge is 0.475 e. The highest BCUT2D eigenvalue weighted by Crippen LogP contribution is 2.62. The highest BCUT2D eigenvalue weighted by atomic mass is 32.2. The molecule has 0 radical (unpaired) electrons. The maximum absolute atomic E-state index is 14.2. The van der Waals surface area contributed by atoms with Crippen LogP contribution in [0.15, 0.2) is 47.4 Å². The number of amides is 1. The lowest BCUT2D eigenvalue weighted by molar-refractivity contribution is 0.00913. The number of aryl methyl sites for hydroxylation is 2. The maximum atomic E-state index is 14.2. The molecule has 4 bridgehead atoms. The molecule has 9 heteroatoms. The Morgan fingerprint density at radius 2 is 1.73 bits per heavy atom. The molecule has 1 N–H and O–H groups in total. The van der Waals surface area contributed by atoms with Crippen LogP contribution >= 0.6 is 0 Å². The van der Waals surface area contributed by atoms with Gasteiger partial charge >= 0.3 is 0 Å². The maximum Gasteiger partial charge on any atom is 0.264 e. The first kappa shape index (κ1) is 27.7. The van der Waals surface area contributed by atoms with E-state index in [1.165, 1.54) is 25.0 Å². The van der Waals surface area contributed by atoms with Crippen molar-refractivity contribution in [3.8, 4) is 17.1 Å². The molecule has 2 saturated carbocycles. The molecule has 3 aliphatic rings. The Morgan fingerprint density at radius 1 is 1.05 bits per heavy atom. The number of nitrogens with zero attached hydrogens (tertiary/aromatic N) is 3. The van der Waals surface area contributed by atoms with E-state index in [1.807, 2.05) is 43.9 Å². The van der Waals surface area contributed by atoms with E-state index in [1.54, 1.807) is 12.1 Å². The molecule has 0 unspecified atom stereocenters. The van der Waals surface area contributed by atoms with Crippen LogP contribution in [0.1, 0.15) is 73.0 Å². The van der Waals surface area contributed by atoms with E-state index in [4.69, 9.17) is 9.72 Å². The summed E-state index contributed by atoms with van der Waals surface area (Å²) in [6.45, 7) is 10.5. The number of rotatable bonds is 4. The molecule has 41 heavy (non-hydrogen) atoms. The van der Waals surface area contributed by atoms with Crippen molar-refractivity contribution in [3.63, 3.8) is 0 Å². The van der Waals surface area contributed by atoms with E-state index in [-0.39, 0.29) is 35.4 Å². The molecule has 1 aliphatic heterocycles. The number of hydrogen-bond donors (Lipinski definition) is 1. The Morgan fingerprint density at radius 3 is 2.39 bits per heavy atom. The van der Waals surface area contributed by atoms with Crippen molar-refractivity contribution in [1.82, 2.24) is 14.9 Å². The number of carbonyl (C=O) groups is 1. The molecule has 3 aromatic rings. The molecule has 2 fully saturated rings. The Kier molecular flexibility index (Phi) is 6.83. The van der Waals surface area contributed by atoms with Crippen LogP contribution in [0.3, 0.4) is 0 Å². The van der Waals surface area contributed by atoms with Crippen LogP contribution in [0.2, 0.25) is 0 Å². The Balaban J connectivity index is 1.51. The van der Waals surface area contributed by atoms with Gasteiger partial charge in [-0.3, -0.25) is 4.79 Å². The lowest BCUT2D eigenvalue weighted by Gasteiger charge is -2.47. The van der Waals surface area contributed by atoms with Gasteiger partial charge in [-0.25, -0.2) is 18.1 Å². The van der Waals surface area contributed by atoms with Gasteiger partial charge in [0.1, 0.15) is 6.61 Å².